The third kappa shape index (κ3) is 6.65. The van der Waals surface area contributed by atoms with Crippen LogP contribution in [-0.2, 0) is 9.53 Å². The lowest BCUT2D eigenvalue weighted by molar-refractivity contribution is -0.211. The minimum Gasteiger partial charge on any atom is -0.412 e. The van der Waals surface area contributed by atoms with Crippen LogP contribution in [-0.4, -0.2) is 105 Å². The van der Waals surface area contributed by atoms with Crippen molar-refractivity contribution in [2.45, 2.75) is 81.1 Å². The second-order valence-corrected chi connectivity index (χ2v) is 8.73. The number of carbonyl (C=O) groups is 1. The van der Waals surface area contributed by atoms with Crippen LogP contribution < -0.4 is 5.32 Å². The molecule has 0 aromatic heterocycles. The first kappa shape index (κ1) is 28.8. The number of rotatable bonds is 7. The van der Waals surface area contributed by atoms with Crippen molar-refractivity contribution >= 4 is 30.1 Å². The van der Waals surface area contributed by atoms with E-state index in [2.05, 4.69) is 12.2 Å². The van der Waals surface area contributed by atoms with Crippen LogP contribution in [0.25, 0.3) is 0 Å². The van der Waals surface area contributed by atoms with Crippen molar-refractivity contribution in [3.8, 4) is 0 Å². The maximum Gasteiger partial charge on any atom is 0.237 e. The van der Waals surface area contributed by atoms with Crippen molar-refractivity contribution in [2.24, 2.45) is 5.92 Å². The van der Waals surface area contributed by atoms with E-state index in [0.29, 0.717) is 5.92 Å². The average molecular weight is 461 g/mol. The molecule has 2 aliphatic heterocycles. The molecule has 9 nitrogen and oxygen atoms in total. The Bertz CT molecular complexity index is 503. The molecule has 0 unspecified atom stereocenters. The maximum absolute atomic E-state index is 12.8. The first-order chi connectivity index (χ1) is 12.7. The zero-order chi connectivity index (χ0) is 20.3. The quantitative estimate of drug-likeness (QED) is 0.315. The summed E-state index contributed by atoms with van der Waals surface area (Å²) in [6, 6.07) is -1.20. The van der Waals surface area contributed by atoms with E-state index in [0.717, 1.165) is 25.8 Å². The van der Waals surface area contributed by atoms with Gasteiger partial charge in [-0.25, -0.2) is 0 Å². The van der Waals surface area contributed by atoms with E-state index in [9.17, 15) is 25.2 Å². The molecule has 1 amide bonds. The standard InChI is InChI=1S/C18H34N2O6S.ClH.H2O/c1-5-6-10-7-11(20(3)8-10)17(25)19-12(9(2)21)16-14(23)13(22)15(24)18(26-16)27-4;;/h9-16,18,21-24H,5-8H2,1-4H3,(H,19,25);1H;1H2/t9-,10-,11+,12-,13+,14+,15-,16-,18-;;/m1../s1. The smallest absolute Gasteiger partial charge is 0.237 e. The van der Waals surface area contributed by atoms with Crippen molar-refractivity contribution in [3.63, 3.8) is 0 Å². The molecule has 0 spiro atoms. The molecule has 0 aromatic rings. The highest BCUT2D eigenvalue weighted by Crippen LogP contribution is 2.30. The molecule has 2 saturated heterocycles. The predicted molar refractivity (Wildman–Crippen MR) is 114 cm³/mol. The summed E-state index contributed by atoms with van der Waals surface area (Å²) in [5.41, 5.74) is -0.755. The van der Waals surface area contributed by atoms with Crippen LogP contribution in [0.15, 0.2) is 0 Å². The van der Waals surface area contributed by atoms with E-state index in [1.54, 1.807) is 6.26 Å². The minimum atomic E-state index is -1.42. The number of likely N-dealkylation sites (tertiary alicyclic amines) is 1. The number of hydrogen-bond donors (Lipinski definition) is 5. The van der Waals surface area contributed by atoms with Crippen LogP contribution in [0, 0.1) is 5.92 Å². The van der Waals surface area contributed by atoms with Crippen molar-refractivity contribution in [1.29, 1.82) is 0 Å². The lowest BCUT2D eigenvalue weighted by atomic mass is 9.92. The summed E-state index contributed by atoms with van der Waals surface area (Å²) in [5.74, 6) is 0.245. The number of thioether (sulfide) groups is 1. The van der Waals surface area contributed by atoms with Gasteiger partial charge in [0.1, 0.15) is 29.9 Å². The van der Waals surface area contributed by atoms with Gasteiger partial charge in [-0.3, -0.25) is 9.69 Å². The van der Waals surface area contributed by atoms with E-state index in [4.69, 9.17) is 4.74 Å². The van der Waals surface area contributed by atoms with Gasteiger partial charge >= 0.3 is 0 Å². The molecule has 2 fully saturated rings. The highest BCUT2D eigenvalue weighted by molar-refractivity contribution is 7.99. The fourth-order valence-corrected chi connectivity index (χ4v) is 4.81. The van der Waals surface area contributed by atoms with Crippen LogP contribution in [0.1, 0.15) is 33.1 Å². The molecule has 0 bridgehead atoms. The molecule has 0 aromatic carbocycles. The van der Waals surface area contributed by atoms with E-state index >= 15 is 0 Å². The molecule has 0 saturated carbocycles. The molecule has 2 rings (SSSR count). The fourth-order valence-electron chi connectivity index (χ4n) is 4.13. The lowest BCUT2D eigenvalue weighted by Gasteiger charge is -2.44. The molecular weight excluding hydrogens is 424 g/mol. The monoisotopic (exact) mass is 460 g/mol. The van der Waals surface area contributed by atoms with Gasteiger partial charge in [0.25, 0.3) is 0 Å². The molecule has 9 atom stereocenters. The second-order valence-electron chi connectivity index (χ2n) is 7.80. The predicted octanol–water partition coefficient (Wildman–Crippen LogP) is -1.26. The van der Waals surface area contributed by atoms with Crippen LogP contribution in [0.3, 0.4) is 0 Å². The van der Waals surface area contributed by atoms with Gasteiger partial charge in [0, 0.05) is 6.54 Å². The summed E-state index contributed by atoms with van der Waals surface area (Å²) < 4.78 is 5.72. The number of amides is 1. The number of nitrogens with one attached hydrogen (secondary N) is 1. The van der Waals surface area contributed by atoms with Crippen molar-refractivity contribution in [1.82, 2.24) is 10.2 Å². The summed E-state index contributed by atoms with van der Waals surface area (Å²) in [4.78, 5) is 14.9. The van der Waals surface area contributed by atoms with Gasteiger partial charge in [-0.1, -0.05) is 13.3 Å². The zero-order valence-electron chi connectivity index (χ0n) is 17.4. The normalized spacial score (nSPS) is 37.2. The molecular formula is C18H37ClN2O7S. The molecule has 29 heavy (non-hydrogen) atoms. The number of ether oxygens (including phenoxy) is 1. The van der Waals surface area contributed by atoms with Crippen molar-refractivity contribution in [2.75, 3.05) is 19.8 Å². The Kier molecular flexibility index (Phi) is 12.6. The van der Waals surface area contributed by atoms with Crippen molar-refractivity contribution < 1.29 is 35.4 Å². The first-order valence-corrected chi connectivity index (χ1v) is 10.9. The van der Waals surface area contributed by atoms with Gasteiger partial charge < -0.3 is 36.0 Å². The molecule has 11 heteroatoms. The molecule has 2 aliphatic rings. The highest BCUT2D eigenvalue weighted by atomic mass is 35.5. The van der Waals surface area contributed by atoms with E-state index in [-0.39, 0.29) is 29.8 Å². The molecule has 0 radical (unpaired) electrons. The SMILES string of the molecule is CCC[C@@H]1C[C@@H](C(=O)N[C@@H]([C@H]2O[C@H](SC)[C@H](O)[C@@H](O)[C@@H]2O)[C@@H](C)O)N(C)C1.Cl.O. The number of carbonyl (C=O) groups excluding carboxylic acids is 1. The van der Waals surface area contributed by atoms with Gasteiger partial charge in [-0.15, -0.1) is 24.2 Å². The maximum atomic E-state index is 12.8. The number of halogens is 1. The largest absolute Gasteiger partial charge is 0.412 e. The summed E-state index contributed by atoms with van der Waals surface area (Å²) in [6.07, 6.45) is -1.50. The molecule has 7 N–H and O–H groups in total. The Morgan fingerprint density at radius 2 is 1.90 bits per heavy atom. The van der Waals surface area contributed by atoms with Crippen molar-refractivity contribution in [3.05, 3.63) is 0 Å². The Balaban J connectivity index is 0.00000392. The number of nitrogens with zero attached hydrogens (tertiary/aromatic N) is 1. The van der Waals surface area contributed by atoms with Crippen LogP contribution in [0.4, 0.5) is 0 Å². The molecule has 2 heterocycles. The third-order valence-electron chi connectivity index (χ3n) is 5.66. The number of hydrogen-bond acceptors (Lipinski definition) is 8. The lowest BCUT2D eigenvalue weighted by Crippen LogP contribution is -2.65. The second kappa shape index (κ2) is 12.6. The Labute approximate surface area is 182 Å². The Morgan fingerprint density at radius 3 is 2.41 bits per heavy atom. The number of aliphatic hydroxyl groups excluding tert-OH is 4. The molecule has 174 valence electrons. The number of likely N-dealkylation sites (N-methyl/N-ethyl adjacent to an activating group) is 1. The van der Waals surface area contributed by atoms with Crippen LogP contribution >= 0.6 is 24.2 Å². The van der Waals surface area contributed by atoms with Crippen LogP contribution in [0.2, 0.25) is 0 Å². The van der Waals surface area contributed by atoms with E-state index in [1.807, 2.05) is 11.9 Å². The Hall–Kier alpha value is -0.170. The average Bonchev–Trinajstić information content (AvgIpc) is 2.99. The van der Waals surface area contributed by atoms with E-state index in [1.165, 1.54) is 18.7 Å². The zero-order valence-corrected chi connectivity index (χ0v) is 19.0. The topological polar surface area (TPSA) is 154 Å². The third-order valence-corrected chi connectivity index (χ3v) is 6.51. The Morgan fingerprint density at radius 1 is 1.28 bits per heavy atom. The summed E-state index contributed by atoms with van der Waals surface area (Å²) in [6.45, 7) is 4.48. The minimum absolute atomic E-state index is 0. The first-order valence-electron chi connectivity index (χ1n) is 9.62. The van der Waals surface area contributed by atoms with Crippen LogP contribution in [0.5, 0.6) is 0 Å². The van der Waals surface area contributed by atoms with E-state index < -0.39 is 42.0 Å². The van der Waals surface area contributed by atoms with Gasteiger partial charge in [0.05, 0.1) is 18.2 Å². The van der Waals surface area contributed by atoms with Gasteiger partial charge in [0.15, 0.2) is 0 Å². The molecule has 0 aliphatic carbocycles. The van der Waals surface area contributed by atoms with Gasteiger partial charge in [0.2, 0.25) is 5.91 Å². The fraction of sp³-hybridized carbons (Fsp3) is 0.944. The summed E-state index contributed by atoms with van der Waals surface area (Å²) in [7, 11) is 1.91. The van der Waals surface area contributed by atoms with Gasteiger partial charge in [-0.05, 0) is 39.0 Å². The van der Waals surface area contributed by atoms with Gasteiger partial charge in [-0.2, -0.15) is 0 Å². The highest BCUT2D eigenvalue weighted by Gasteiger charge is 2.48. The summed E-state index contributed by atoms with van der Waals surface area (Å²) >= 11 is 1.20. The number of aliphatic hydroxyl groups is 4. The summed E-state index contributed by atoms with van der Waals surface area (Å²) in [5, 5.41) is 43.5.